The molecule has 0 spiro atoms. The van der Waals surface area contributed by atoms with Crippen molar-refractivity contribution in [1.29, 1.82) is 0 Å². The Balaban J connectivity index is 0.00000592. The zero-order valence-electron chi connectivity index (χ0n) is 40.4. The molecule has 0 aliphatic carbocycles. The van der Waals surface area contributed by atoms with E-state index in [1.807, 2.05) is 18.3 Å². The summed E-state index contributed by atoms with van der Waals surface area (Å²) in [5.74, 6) is 2.01. The van der Waals surface area contributed by atoms with Crippen LogP contribution >= 0.6 is 0 Å². The van der Waals surface area contributed by atoms with Crippen molar-refractivity contribution in [3.63, 3.8) is 0 Å². The van der Waals surface area contributed by atoms with Gasteiger partial charge >= 0.3 is 0 Å². The number of para-hydroxylation sites is 1. The van der Waals surface area contributed by atoms with Crippen molar-refractivity contribution >= 4 is 21.8 Å². The largest absolute Gasteiger partial charge is 0.510 e. The van der Waals surface area contributed by atoms with E-state index in [9.17, 15) is 0 Å². The van der Waals surface area contributed by atoms with E-state index in [-0.39, 0.29) is 37.3 Å². The van der Waals surface area contributed by atoms with Crippen LogP contribution in [0, 0.1) is 32.3 Å². The predicted octanol–water partition coefficient (Wildman–Crippen LogP) is 14.3. The summed E-state index contributed by atoms with van der Waals surface area (Å²) < 4.78 is 13.5. The fraction of sp³-hybridized carbons (Fsp3) is 0.267. The van der Waals surface area contributed by atoms with Gasteiger partial charge in [-0.2, -0.15) is 12.1 Å². The third-order valence-corrected chi connectivity index (χ3v) is 13.5. The Morgan fingerprint density at radius 1 is 0.561 bits per heavy atom. The molecule has 3 heterocycles. The third kappa shape index (κ3) is 8.48. The molecule has 3 aromatic heterocycles. The quantitative estimate of drug-likeness (QED) is 0.107. The van der Waals surface area contributed by atoms with Crippen LogP contribution in [-0.4, -0.2) is 14.1 Å². The number of rotatable bonds is 9. The van der Waals surface area contributed by atoms with Crippen LogP contribution in [-0.2, 0) is 42.7 Å². The Morgan fingerprint density at radius 3 is 1.80 bits per heavy atom. The van der Waals surface area contributed by atoms with Crippen molar-refractivity contribution in [3.05, 3.63) is 209 Å². The van der Waals surface area contributed by atoms with E-state index < -0.39 is 5.41 Å². The molecule has 6 heteroatoms. The smallest absolute Gasteiger partial charge is 0.267 e. The fourth-order valence-electron chi connectivity index (χ4n) is 9.14. The number of fused-ring (bicyclic) bond motifs is 3. The van der Waals surface area contributed by atoms with Crippen LogP contribution < -0.4 is 9.30 Å². The molecule has 6 aromatic carbocycles. The maximum absolute atomic E-state index is 6.93. The number of nitrogens with zero attached hydrogens (tertiary/aromatic N) is 4. The summed E-state index contributed by atoms with van der Waals surface area (Å²) >= 11 is 0. The molecule has 0 saturated heterocycles. The minimum absolute atomic E-state index is 0. The van der Waals surface area contributed by atoms with Crippen LogP contribution in [0.1, 0.15) is 114 Å². The van der Waals surface area contributed by atoms with Crippen molar-refractivity contribution in [2.75, 3.05) is 0 Å². The van der Waals surface area contributed by atoms with Crippen LogP contribution in [0.5, 0.6) is 11.5 Å². The van der Waals surface area contributed by atoms with E-state index in [2.05, 4.69) is 243 Å². The number of benzene rings is 6. The summed E-state index contributed by atoms with van der Waals surface area (Å²) in [5.41, 5.74) is 12.8. The van der Waals surface area contributed by atoms with Gasteiger partial charge in [0, 0.05) is 55.4 Å². The van der Waals surface area contributed by atoms with Crippen molar-refractivity contribution in [1.82, 2.24) is 14.1 Å². The normalized spacial score (nSPS) is 12.4. The minimum atomic E-state index is -0.405. The summed E-state index contributed by atoms with van der Waals surface area (Å²) in [5, 5.41) is 2.26. The van der Waals surface area contributed by atoms with Crippen molar-refractivity contribution in [3.8, 4) is 28.7 Å². The molecule has 0 saturated carbocycles. The number of hydrogen-bond acceptors (Lipinski definition) is 2. The Kier molecular flexibility index (Phi) is 12.2. The fourth-order valence-corrected chi connectivity index (χ4v) is 9.14. The number of hydrogen-bond donors (Lipinski definition) is 0. The number of ether oxygens (including phenoxy) is 1. The maximum Gasteiger partial charge on any atom is 0.267 e. The molecule has 338 valence electrons. The predicted molar refractivity (Wildman–Crippen MR) is 266 cm³/mol. The number of pyridine rings is 1. The van der Waals surface area contributed by atoms with Crippen LogP contribution in [0.4, 0.5) is 0 Å². The molecule has 0 bridgehead atoms. The molecule has 0 aliphatic heterocycles. The van der Waals surface area contributed by atoms with E-state index in [0.29, 0.717) is 11.5 Å². The van der Waals surface area contributed by atoms with Crippen molar-refractivity contribution < 1.29 is 30.4 Å². The van der Waals surface area contributed by atoms with Crippen molar-refractivity contribution in [2.45, 2.75) is 105 Å². The number of imidazole rings is 1. The molecular weight excluding hydrogens is 988 g/mol. The van der Waals surface area contributed by atoms with E-state index in [1.165, 1.54) is 27.8 Å². The average Bonchev–Trinajstić information content (AvgIpc) is 3.78. The van der Waals surface area contributed by atoms with Crippen LogP contribution in [0.15, 0.2) is 146 Å². The molecule has 0 aliphatic rings. The van der Waals surface area contributed by atoms with Gasteiger partial charge < -0.3 is 13.9 Å². The summed E-state index contributed by atoms with van der Waals surface area (Å²) in [7, 11) is 0. The molecule has 5 nitrogen and oxygen atoms in total. The molecular formula is C60H60N4OPt-2. The Hall–Kier alpha value is -6.03. The van der Waals surface area contributed by atoms with Gasteiger partial charge in [-0.3, -0.25) is 4.57 Å². The van der Waals surface area contributed by atoms with Gasteiger partial charge in [-0.05, 0) is 99.3 Å². The Morgan fingerprint density at radius 2 is 1.17 bits per heavy atom. The van der Waals surface area contributed by atoms with E-state index >= 15 is 0 Å². The average molecular weight is 1050 g/mol. The van der Waals surface area contributed by atoms with Crippen LogP contribution in [0.2, 0.25) is 0 Å². The summed E-state index contributed by atoms with van der Waals surface area (Å²) in [6, 6.07) is 57.0. The van der Waals surface area contributed by atoms with Crippen LogP contribution in [0.3, 0.4) is 0 Å². The molecule has 0 amide bonds. The second-order valence-corrected chi connectivity index (χ2v) is 20.7. The first-order valence-electron chi connectivity index (χ1n) is 22.8. The second kappa shape index (κ2) is 17.3. The Labute approximate surface area is 406 Å². The van der Waals surface area contributed by atoms with E-state index in [4.69, 9.17) is 9.72 Å². The Bertz CT molecular complexity index is 3180. The molecule has 0 unspecified atom stereocenters. The maximum atomic E-state index is 6.93. The van der Waals surface area contributed by atoms with Gasteiger partial charge in [0.05, 0.1) is 11.4 Å². The molecule has 9 rings (SSSR count). The summed E-state index contributed by atoms with van der Waals surface area (Å²) in [6.45, 7) is 27.1. The molecule has 66 heavy (non-hydrogen) atoms. The summed E-state index contributed by atoms with van der Waals surface area (Å²) in [4.78, 5) is 5.06. The van der Waals surface area contributed by atoms with Gasteiger partial charge in [-0.15, -0.1) is 29.8 Å². The third-order valence-electron chi connectivity index (χ3n) is 13.5. The van der Waals surface area contributed by atoms with Crippen molar-refractivity contribution in [2.24, 2.45) is 0 Å². The molecule has 0 radical (unpaired) electrons. The molecule has 9 aromatic rings. The van der Waals surface area contributed by atoms with Gasteiger partial charge in [0.15, 0.2) is 0 Å². The second-order valence-electron chi connectivity index (χ2n) is 20.7. The van der Waals surface area contributed by atoms with Gasteiger partial charge in [0.2, 0.25) is 0 Å². The SMILES string of the molecule is Cc1c(C)[n+](-c2cc(C(C)(C)C)cc(C(C)(C)C)c2)[c-]n1-c1[c-]c(Oc2[c-]c3c(c(C(C)(C)c4ccccc4)c2)c2ccccc2n3-c2cc(C(C)(C)c3ccccc3)ccn2)ccc1.[Pt]. The van der Waals surface area contributed by atoms with Gasteiger partial charge in [0.1, 0.15) is 5.82 Å². The summed E-state index contributed by atoms with van der Waals surface area (Å²) in [6.07, 6.45) is 5.63. The first-order chi connectivity index (χ1) is 30.8. The van der Waals surface area contributed by atoms with Gasteiger partial charge in [-0.1, -0.05) is 165 Å². The van der Waals surface area contributed by atoms with Crippen LogP contribution in [0.25, 0.3) is 39.0 Å². The topological polar surface area (TPSA) is 35.9 Å². The molecule has 0 atom stereocenters. The first kappa shape index (κ1) is 46.5. The first-order valence-corrected chi connectivity index (χ1v) is 22.8. The van der Waals surface area contributed by atoms with Gasteiger partial charge in [0.25, 0.3) is 6.33 Å². The zero-order chi connectivity index (χ0) is 46.1. The van der Waals surface area contributed by atoms with Gasteiger partial charge in [-0.25, -0.2) is 4.98 Å². The molecule has 0 N–H and O–H groups in total. The molecule has 0 fully saturated rings. The standard InChI is InChI=1S/C60H60N4O.Pt/c1-40-41(2)63(48-33-45(57(3,4)5)32-46(34-48)58(6,7)8)39-62(40)47-26-21-27-49(36-47)65-50-37-52(60(11,12)43-24-17-14-18-25-43)56-51-28-19-20-29-53(51)64(54(56)38-50)55-35-44(30-31-61-55)59(9,10)42-22-15-13-16-23-42;/h13-35,37H,1-12H3;/q-2;. The van der Waals surface area contributed by atoms with E-state index in [0.717, 1.165) is 55.9 Å². The minimum Gasteiger partial charge on any atom is -0.510 e. The number of aromatic nitrogens is 4. The van der Waals surface area contributed by atoms with E-state index in [1.54, 1.807) is 0 Å². The monoisotopic (exact) mass is 1050 g/mol. The zero-order valence-corrected chi connectivity index (χ0v) is 42.6.